The largest absolute Gasteiger partial charge is 0.362 e. The second-order valence-corrected chi connectivity index (χ2v) is 3.50. The van der Waals surface area contributed by atoms with E-state index in [4.69, 9.17) is 0 Å². The summed E-state index contributed by atoms with van der Waals surface area (Å²) in [5, 5.41) is 12.7. The third-order valence-corrected chi connectivity index (χ3v) is 2.55. The van der Waals surface area contributed by atoms with Crippen molar-refractivity contribution in [2.75, 3.05) is 19.6 Å². The third-order valence-electron chi connectivity index (χ3n) is 2.55. The predicted octanol–water partition coefficient (Wildman–Crippen LogP) is 0.0407. The fourth-order valence-electron chi connectivity index (χ4n) is 1.78. The van der Waals surface area contributed by atoms with Crippen molar-refractivity contribution in [3.63, 3.8) is 0 Å². The van der Waals surface area contributed by atoms with Gasteiger partial charge in [0.2, 0.25) is 5.91 Å². The van der Waals surface area contributed by atoms with Crippen molar-refractivity contribution >= 4 is 11.9 Å². The summed E-state index contributed by atoms with van der Waals surface area (Å²) in [7, 11) is 0. The molecule has 0 aromatic rings. The summed E-state index contributed by atoms with van der Waals surface area (Å²) < 4.78 is 0. The maximum absolute atomic E-state index is 11.5. The van der Waals surface area contributed by atoms with E-state index in [9.17, 15) is 14.8 Å². The lowest BCUT2D eigenvalue weighted by molar-refractivity contribution is -0.146. The van der Waals surface area contributed by atoms with E-state index in [1.54, 1.807) is 0 Å². The Morgan fingerprint density at radius 2 is 1.64 bits per heavy atom. The minimum absolute atomic E-state index is 0.0880. The van der Waals surface area contributed by atoms with E-state index in [-0.39, 0.29) is 18.9 Å². The van der Waals surface area contributed by atoms with Gasteiger partial charge in [0.15, 0.2) is 0 Å². The van der Waals surface area contributed by atoms with Crippen molar-refractivity contribution in [3.8, 4) is 0 Å². The lowest BCUT2D eigenvalue weighted by Crippen LogP contribution is -2.53. The van der Waals surface area contributed by atoms with Crippen LogP contribution in [0.25, 0.3) is 0 Å². The van der Waals surface area contributed by atoms with Crippen LogP contribution in [0, 0.1) is 0 Å². The monoisotopic (exact) mass is 199 g/mol. The molecule has 3 amide bonds. The van der Waals surface area contributed by atoms with E-state index in [1.165, 1.54) is 10.0 Å². The normalized spacial score (nSPS) is 23.6. The van der Waals surface area contributed by atoms with Crippen LogP contribution in [-0.4, -0.2) is 51.9 Å². The van der Waals surface area contributed by atoms with Gasteiger partial charge in [-0.25, -0.2) is 19.9 Å². The van der Waals surface area contributed by atoms with E-state index >= 15 is 0 Å². The number of carbonyl (C=O) groups excluding carboxylic acids is 2. The van der Waals surface area contributed by atoms with Crippen molar-refractivity contribution in [2.24, 2.45) is 0 Å². The first-order valence-corrected chi connectivity index (χ1v) is 4.78. The van der Waals surface area contributed by atoms with Crippen LogP contribution in [0.2, 0.25) is 0 Å². The molecule has 0 aliphatic carbocycles. The van der Waals surface area contributed by atoms with E-state index in [0.29, 0.717) is 18.2 Å². The Hall–Kier alpha value is -1.30. The average molecular weight is 199 g/mol. The summed E-state index contributed by atoms with van der Waals surface area (Å²) >= 11 is 0. The van der Waals surface area contributed by atoms with Gasteiger partial charge in [-0.3, -0.25) is 10.0 Å². The first-order valence-electron chi connectivity index (χ1n) is 4.78. The Kier molecular flexibility index (Phi) is 2.28. The number of hydrogen-bond donors (Lipinski definition) is 1. The van der Waals surface area contributed by atoms with Crippen LogP contribution in [0.4, 0.5) is 4.79 Å². The summed E-state index contributed by atoms with van der Waals surface area (Å²) in [6, 6.07) is -0.490. The van der Waals surface area contributed by atoms with Gasteiger partial charge in [0.25, 0.3) is 0 Å². The van der Waals surface area contributed by atoms with Crippen molar-refractivity contribution in [3.05, 3.63) is 0 Å². The molecule has 2 rings (SSSR count). The molecular weight excluding hydrogens is 186 g/mol. The SMILES string of the molecule is O=C1CCN(O)C(=O)N2CCCCN12. The van der Waals surface area contributed by atoms with Gasteiger partial charge in [0, 0.05) is 19.5 Å². The molecule has 6 heteroatoms. The van der Waals surface area contributed by atoms with Gasteiger partial charge in [-0.2, -0.15) is 0 Å². The summed E-state index contributed by atoms with van der Waals surface area (Å²) in [5.41, 5.74) is 0. The molecule has 2 aliphatic heterocycles. The second kappa shape index (κ2) is 3.45. The molecule has 2 aliphatic rings. The third kappa shape index (κ3) is 1.41. The number of carbonyl (C=O) groups is 2. The zero-order valence-electron chi connectivity index (χ0n) is 7.85. The molecule has 2 heterocycles. The van der Waals surface area contributed by atoms with Crippen LogP contribution in [0.3, 0.4) is 0 Å². The lowest BCUT2D eigenvalue weighted by Gasteiger charge is -2.37. The molecule has 0 spiro atoms. The quantitative estimate of drug-likeness (QED) is 0.560. The smallest absolute Gasteiger partial charge is 0.284 e. The average Bonchev–Trinajstić information content (AvgIpc) is 2.33. The number of rotatable bonds is 0. The van der Waals surface area contributed by atoms with Gasteiger partial charge in [0.1, 0.15) is 0 Å². The number of hydroxylamine groups is 2. The summed E-state index contributed by atoms with van der Waals surface area (Å²) in [5.74, 6) is -0.0883. The Balaban J connectivity index is 2.22. The molecule has 2 fully saturated rings. The fraction of sp³-hybridized carbons (Fsp3) is 0.750. The lowest BCUT2D eigenvalue weighted by atomic mass is 10.2. The Labute approximate surface area is 81.6 Å². The minimum atomic E-state index is -0.490. The maximum Gasteiger partial charge on any atom is 0.362 e. The molecule has 0 unspecified atom stereocenters. The highest BCUT2D eigenvalue weighted by Gasteiger charge is 2.34. The summed E-state index contributed by atoms with van der Waals surface area (Å²) in [6.45, 7) is 1.19. The number of urea groups is 1. The van der Waals surface area contributed by atoms with E-state index < -0.39 is 6.03 Å². The number of nitrogens with zero attached hydrogens (tertiary/aromatic N) is 3. The first-order chi connectivity index (χ1) is 6.70. The zero-order valence-corrected chi connectivity index (χ0v) is 7.85. The second-order valence-electron chi connectivity index (χ2n) is 3.50. The predicted molar refractivity (Wildman–Crippen MR) is 46.2 cm³/mol. The first kappa shape index (κ1) is 9.26. The number of hydrazine groups is 1. The molecule has 0 aromatic carbocycles. The molecule has 2 saturated heterocycles. The van der Waals surface area contributed by atoms with Gasteiger partial charge in [0.05, 0.1) is 6.54 Å². The minimum Gasteiger partial charge on any atom is -0.284 e. The molecule has 78 valence electrons. The molecule has 14 heavy (non-hydrogen) atoms. The van der Waals surface area contributed by atoms with Crippen LogP contribution < -0.4 is 0 Å². The van der Waals surface area contributed by atoms with Gasteiger partial charge < -0.3 is 0 Å². The molecule has 0 radical (unpaired) electrons. The Bertz CT molecular complexity index is 269. The van der Waals surface area contributed by atoms with Gasteiger partial charge >= 0.3 is 6.03 Å². The van der Waals surface area contributed by atoms with Crippen LogP contribution in [0.1, 0.15) is 19.3 Å². The van der Waals surface area contributed by atoms with Crippen molar-refractivity contribution in [1.29, 1.82) is 0 Å². The van der Waals surface area contributed by atoms with Crippen LogP contribution >= 0.6 is 0 Å². The van der Waals surface area contributed by atoms with E-state index in [2.05, 4.69) is 0 Å². The Morgan fingerprint density at radius 3 is 2.36 bits per heavy atom. The van der Waals surface area contributed by atoms with Crippen molar-refractivity contribution < 1.29 is 14.8 Å². The molecule has 6 nitrogen and oxygen atoms in total. The number of fused-ring (bicyclic) bond motifs is 1. The zero-order chi connectivity index (χ0) is 10.1. The maximum atomic E-state index is 11.5. The van der Waals surface area contributed by atoms with Crippen LogP contribution in [-0.2, 0) is 4.79 Å². The van der Waals surface area contributed by atoms with Gasteiger partial charge in [-0.1, -0.05) is 0 Å². The van der Waals surface area contributed by atoms with Gasteiger partial charge in [-0.15, -0.1) is 0 Å². The Morgan fingerprint density at radius 1 is 1.00 bits per heavy atom. The molecule has 0 bridgehead atoms. The van der Waals surface area contributed by atoms with E-state index in [0.717, 1.165) is 12.8 Å². The van der Waals surface area contributed by atoms with Crippen LogP contribution in [0.5, 0.6) is 0 Å². The molecule has 0 atom stereocenters. The highest BCUT2D eigenvalue weighted by molar-refractivity contribution is 5.83. The van der Waals surface area contributed by atoms with E-state index in [1.807, 2.05) is 0 Å². The number of hydrogen-bond acceptors (Lipinski definition) is 3. The van der Waals surface area contributed by atoms with Gasteiger partial charge in [-0.05, 0) is 12.8 Å². The van der Waals surface area contributed by atoms with Crippen molar-refractivity contribution in [2.45, 2.75) is 19.3 Å². The summed E-state index contributed by atoms with van der Waals surface area (Å²) in [6.07, 6.45) is 1.99. The highest BCUT2D eigenvalue weighted by atomic mass is 16.5. The fourth-order valence-corrected chi connectivity index (χ4v) is 1.78. The van der Waals surface area contributed by atoms with Crippen LogP contribution in [0.15, 0.2) is 0 Å². The van der Waals surface area contributed by atoms with Crippen molar-refractivity contribution in [1.82, 2.24) is 15.1 Å². The summed E-state index contributed by atoms with van der Waals surface area (Å²) in [4.78, 5) is 23.1. The number of amides is 3. The topological polar surface area (TPSA) is 64.1 Å². The molecule has 1 N–H and O–H groups in total. The standard InChI is InChI=1S/C8H13N3O3/c12-7-3-6-11(14)8(13)10-5-2-1-4-9(7)10/h14H,1-6H2. The molecule has 0 saturated carbocycles. The molecule has 0 aromatic heterocycles. The highest BCUT2D eigenvalue weighted by Crippen LogP contribution is 2.17. The molecular formula is C8H13N3O3.